The van der Waals surface area contributed by atoms with E-state index in [-0.39, 0.29) is 6.42 Å². The van der Waals surface area contributed by atoms with Crippen LogP contribution in [0.5, 0.6) is 0 Å². The van der Waals surface area contributed by atoms with Crippen LogP contribution in [-0.4, -0.2) is 32.1 Å². The molecule has 1 heterocycles. The highest BCUT2D eigenvalue weighted by Crippen LogP contribution is 2.46. The highest BCUT2D eigenvalue weighted by Gasteiger charge is 2.59. The number of fused-ring (bicyclic) bond motifs is 1. The Bertz CT molecular complexity index is 832. The van der Waals surface area contributed by atoms with E-state index in [2.05, 4.69) is 5.32 Å². The summed E-state index contributed by atoms with van der Waals surface area (Å²) in [5.74, 6) is -3.45. The van der Waals surface area contributed by atoms with Crippen LogP contribution in [0.25, 0.3) is 0 Å². The summed E-state index contributed by atoms with van der Waals surface area (Å²) < 4.78 is 9.71. The molecule has 1 atom stereocenters. The number of nitrogens with one attached hydrogen (secondary N) is 1. The van der Waals surface area contributed by atoms with E-state index < -0.39 is 29.2 Å². The molecule has 26 heavy (non-hydrogen) atoms. The zero-order valence-corrected chi connectivity index (χ0v) is 14.5. The van der Waals surface area contributed by atoms with Crippen molar-refractivity contribution < 1.29 is 23.9 Å². The van der Waals surface area contributed by atoms with Crippen LogP contribution in [0.4, 0.5) is 5.69 Å². The topological polar surface area (TPSA) is 81.7 Å². The number of esters is 2. The molecule has 2 aromatic carbocycles. The van der Waals surface area contributed by atoms with Crippen molar-refractivity contribution in [1.29, 1.82) is 0 Å². The molecule has 1 N–H and O–H groups in total. The second-order valence-electron chi connectivity index (χ2n) is 6.11. The van der Waals surface area contributed by atoms with Gasteiger partial charge in [-0.2, -0.15) is 0 Å². The molecule has 2 aromatic rings. The Balaban J connectivity index is 2.24. The number of hydrogen-bond donors (Lipinski definition) is 1. The molecule has 1 aliphatic rings. The summed E-state index contributed by atoms with van der Waals surface area (Å²) in [4.78, 5) is 38.2. The van der Waals surface area contributed by atoms with Gasteiger partial charge in [0.25, 0.3) is 0 Å². The van der Waals surface area contributed by atoms with Crippen molar-refractivity contribution in [1.82, 2.24) is 0 Å². The summed E-state index contributed by atoms with van der Waals surface area (Å²) in [5.41, 5.74) is 0.524. The molecule has 0 bridgehead atoms. The molecular formula is C20H19NO5. The van der Waals surface area contributed by atoms with Gasteiger partial charge in [0.2, 0.25) is 5.91 Å². The fraction of sp³-hybridized carbons (Fsp3) is 0.250. The van der Waals surface area contributed by atoms with Gasteiger partial charge in [0.05, 0.1) is 14.2 Å². The lowest BCUT2D eigenvalue weighted by molar-refractivity contribution is -0.164. The van der Waals surface area contributed by atoms with Gasteiger partial charge in [-0.1, -0.05) is 48.5 Å². The lowest BCUT2D eigenvalue weighted by Gasteiger charge is -2.32. The monoisotopic (exact) mass is 353 g/mol. The van der Waals surface area contributed by atoms with Gasteiger partial charge >= 0.3 is 11.9 Å². The summed E-state index contributed by atoms with van der Waals surface area (Å²) >= 11 is 0. The maximum atomic E-state index is 13.1. The number of para-hydroxylation sites is 1. The molecule has 0 saturated carbocycles. The number of carbonyl (C=O) groups excluding carboxylic acids is 3. The normalized spacial score (nSPS) is 18.2. The summed E-state index contributed by atoms with van der Waals surface area (Å²) in [5, 5.41) is 2.79. The number of carbonyl (C=O) groups is 3. The number of anilines is 1. The molecule has 1 aliphatic heterocycles. The van der Waals surface area contributed by atoms with E-state index in [1.54, 1.807) is 24.3 Å². The van der Waals surface area contributed by atoms with Crippen molar-refractivity contribution in [2.75, 3.05) is 19.5 Å². The van der Waals surface area contributed by atoms with Gasteiger partial charge in [-0.15, -0.1) is 0 Å². The Morgan fingerprint density at radius 1 is 0.962 bits per heavy atom. The van der Waals surface area contributed by atoms with Crippen molar-refractivity contribution in [2.24, 2.45) is 5.92 Å². The number of ether oxygens (including phenoxy) is 2. The van der Waals surface area contributed by atoms with Gasteiger partial charge in [0.15, 0.2) is 5.92 Å². The third-order valence-corrected chi connectivity index (χ3v) is 4.75. The second-order valence-corrected chi connectivity index (χ2v) is 6.11. The van der Waals surface area contributed by atoms with Gasteiger partial charge in [-0.25, -0.2) is 0 Å². The van der Waals surface area contributed by atoms with Gasteiger partial charge in [0, 0.05) is 5.69 Å². The highest BCUT2D eigenvalue weighted by atomic mass is 16.5. The number of hydrogen-bond acceptors (Lipinski definition) is 5. The van der Waals surface area contributed by atoms with Crippen LogP contribution >= 0.6 is 0 Å². The van der Waals surface area contributed by atoms with E-state index in [4.69, 9.17) is 9.47 Å². The highest BCUT2D eigenvalue weighted by molar-refractivity contribution is 6.13. The van der Waals surface area contributed by atoms with Gasteiger partial charge in [-0.05, 0) is 23.6 Å². The first kappa shape index (κ1) is 17.7. The molecule has 0 radical (unpaired) electrons. The maximum absolute atomic E-state index is 13.1. The van der Waals surface area contributed by atoms with Crippen LogP contribution in [-0.2, 0) is 35.7 Å². The zero-order chi connectivity index (χ0) is 18.7. The lowest BCUT2D eigenvalue weighted by atomic mass is 9.67. The largest absolute Gasteiger partial charge is 0.468 e. The molecule has 0 aromatic heterocycles. The fourth-order valence-electron chi connectivity index (χ4n) is 3.55. The van der Waals surface area contributed by atoms with Crippen LogP contribution in [0.1, 0.15) is 11.1 Å². The fourth-order valence-corrected chi connectivity index (χ4v) is 3.55. The third-order valence-electron chi connectivity index (χ3n) is 4.75. The van der Waals surface area contributed by atoms with Crippen LogP contribution in [0.3, 0.4) is 0 Å². The average molecular weight is 353 g/mol. The average Bonchev–Trinajstić information content (AvgIpc) is 2.94. The Labute approximate surface area is 151 Å². The zero-order valence-electron chi connectivity index (χ0n) is 14.5. The number of benzene rings is 2. The van der Waals surface area contributed by atoms with E-state index in [1.165, 1.54) is 14.2 Å². The van der Waals surface area contributed by atoms with Gasteiger partial charge in [-0.3, -0.25) is 14.4 Å². The molecule has 0 unspecified atom stereocenters. The van der Waals surface area contributed by atoms with Crippen LogP contribution in [0.2, 0.25) is 0 Å². The summed E-state index contributed by atoms with van der Waals surface area (Å²) in [6.45, 7) is 0. The van der Waals surface area contributed by atoms with Crippen molar-refractivity contribution in [3.8, 4) is 0 Å². The first-order valence-corrected chi connectivity index (χ1v) is 8.15. The number of rotatable bonds is 5. The predicted octanol–water partition coefficient (Wildman–Crippen LogP) is 2.08. The quantitative estimate of drug-likeness (QED) is 0.657. The summed E-state index contributed by atoms with van der Waals surface area (Å²) in [7, 11) is 2.38. The van der Waals surface area contributed by atoms with Crippen molar-refractivity contribution in [3.63, 3.8) is 0 Å². The SMILES string of the molecule is COC(=O)C(C(=O)OC)[C@@]1(Cc2ccccc2)C(=O)Nc2ccccc21. The second kappa shape index (κ2) is 7.00. The number of amides is 1. The number of methoxy groups -OCH3 is 2. The Morgan fingerprint density at radius 2 is 1.54 bits per heavy atom. The molecule has 0 saturated heterocycles. The molecule has 3 rings (SSSR count). The summed E-state index contributed by atoms with van der Waals surface area (Å²) in [6.07, 6.45) is 0.158. The first-order chi connectivity index (χ1) is 12.5. The predicted molar refractivity (Wildman–Crippen MR) is 94.4 cm³/mol. The van der Waals surface area contributed by atoms with E-state index in [9.17, 15) is 14.4 Å². The molecule has 0 fully saturated rings. The lowest BCUT2D eigenvalue weighted by Crippen LogP contribution is -2.51. The van der Waals surface area contributed by atoms with Crippen molar-refractivity contribution >= 4 is 23.5 Å². The molecule has 0 spiro atoms. The smallest absolute Gasteiger partial charge is 0.321 e. The molecule has 1 amide bonds. The van der Waals surface area contributed by atoms with Crippen LogP contribution in [0.15, 0.2) is 54.6 Å². The molecule has 6 nitrogen and oxygen atoms in total. The Kier molecular flexibility index (Phi) is 4.75. The maximum Gasteiger partial charge on any atom is 0.321 e. The van der Waals surface area contributed by atoms with E-state index in [0.717, 1.165) is 5.56 Å². The minimum atomic E-state index is -1.45. The molecule has 6 heteroatoms. The molecule has 134 valence electrons. The standard InChI is InChI=1S/C20H19NO5/c1-25-17(22)16(18(23)26-2)20(12-13-8-4-3-5-9-13)14-10-6-7-11-15(14)21-19(20)24/h3-11,16H,12H2,1-2H3,(H,21,24)/t20-/m0/s1. The molecule has 0 aliphatic carbocycles. The Morgan fingerprint density at radius 3 is 2.15 bits per heavy atom. The minimum absolute atomic E-state index is 0.158. The molecular weight excluding hydrogens is 334 g/mol. The van der Waals surface area contributed by atoms with E-state index in [1.807, 2.05) is 30.3 Å². The first-order valence-electron chi connectivity index (χ1n) is 8.15. The minimum Gasteiger partial charge on any atom is -0.468 e. The van der Waals surface area contributed by atoms with E-state index >= 15 is 0 Å². The van der Waals surface area contributed by atoms with Gasteiger partial charge in [0.1, 0.15) is 5.41 Å². The third kappa shape index (κ3) is 2.73. The van der Waals surface area contributed by atoms with Crippen molar-refractivity contribution in [2.45, 2.75) is 11.8 Å². The Hall–Kier alpha value is -3.15. The summed E-state index contributed by atoms with van der Waals surface area (Å²) in [6, 6.07) is 16.3. The van der Waals surface area contributed by atoms with E-state index in [0.29, 0.717) is 11.3 Å². The van der Waals surface area contributed by atoms with Gasteiger partial charge < -0.3 is 14.8 Å². The van der Waals surface area contributed by atoms with Crippen molar-refractivity contribution in [3.05, 3.63) is 65.7 Å². The van der Waals surface area contributed by atoms with Crippen LogP contribution < -0.4 is 5.32 Å². The van der Waals surface area contributed by atoms with Crippen LogP contribution in [0, 0.1) is 5.92 Å².